The molecule has 0 atom stereocenters. The van der Waals surface area contributed by atoms with E-state index in [1.54, 1.807) is 37.4 Å². The molecule has 1 aromatic heterocycles. The number of halogens is 1. The van der Waals surface area contributed by atoms with Crippen LogP contribution in [0.3, 0.4) is 0 Å². The van der Waals surface area contributed by atoms with E-state index in [2.05, 4.69) is 10.3 Å². The first-order valence-corrected chi connectivity index (χ1v) is 5.67. The molecular formula is C13H11ClN2O2. The Labute approximate surface area is 109 Å². The largest absolute Gasteiger partial charge is 0.508 e. The summed E-state index contributed by atoms with van der Waals surface area (Å²) in [5.41, 5.74) is 1.54. The maximum absolute atomic E-state index is 12.0. The van der Waals surface area contributed by atoms with Crippen LogP contribution in [-0.4, -0.2) is 16.0 Å². The summed E-state index contributed by atoms with van der Waals surface area (Å²) in [5, 5.41) is 12.3. The van der Waals surface area contributed by atoms with Crippen LogP contribution in [0.1, 0.15) is 15.9 Å². The smallest absolute Gasteiger partial charge is 0.255 e. The van der Waals surface area contributed by atoms with Crippen molar-refractivity contribution >= 4 is 23.2 Å². The summed E-state index contributed by atoms with van der Waals surface area (Å²) < 4.78 is 0. The van der Waals surface area contributed by atoms with Crippen LogP contribution in [0.2, 0.25) is 5.15 Å². The van der Waals surface area contributed by atoms with E-state index in [9.17, 15) is 9.90 Å². The van der Waals surface area contributed by atoms with Gasteiger partial charge in [-0.15, -0.1) is 0 Å². The number of carbonyl (C=O) groups excluding carboxylic acids is 1. The summed E-state index contributed by atoms with van der Waals surface area (Å²) in [4.78, 5) is 15.8. The fourth-order valence-corrected chi connectivity index (χ4v) is 1.64. The lowest BCUT2D eigenvalue weighted by atomic mass is 10.1. The molecule has 18 heavy (non-hydrogen) atoms. The van der Waals surface area contributed by atoms with Crippen LogP contribution in [0.5, 0.6) is 5.75 Å². The number of rotatable bonds is 2. The summed E-state index contributed by atoms with van der Waals surface area (Å²) in [6.45, 7) is 1.73. The highest BCUT2D eigenvalue weighted by Gasteiger charge is 2.09. The Morgan fingerprint density at radius 3 is 2.83 bits per heavy atom. The molecule has 0 aliphatic heterocycles. The first kappa shape index (κ1) is 12.4. The number of nitrogens with zero attached hydrogens (tertiary/aromatic N) is 1. The van der Waals surface area contributed by atoms with Gasteiger partial charge in [0.15, 0.2) is 5.15 Å². The third-order valence-electron chi connectivity index (χ3n) is 2.47. The zero-order valence-corrected chi connectivity index (χ0v) is 10.4. The average molecular weight is 263 g/mol. The van der Waals surface area contributed by atoms with Crippen molar-refractivity contribution in [1.29, 1.82) is 0 Å². The van der Waals surface area contributed by atoms with Gasteiger partial charge in [0.2, 0.25) is 0 Å². The van der Waals surface area contributed by atoms with E-state index in [4.69, 9.17) is 11.6 Å². The Bertz CT molecular complexity index is 599. The molecule has 0 aliphatic rings. The number of phenolic OH excluding ortho intramolecular Hbond substituents is 1. The first-order chi connectivity index (χ1) is 8.58. The number of aryl methyl sites for hydroxylation is 1. The van der Waals surface area contributed by atoms with Crippen LogP contribution >= 0.6 is 11.6 Å². The molecule has 0 saturated heterocycles. The van der Waals surface area contributed by atoms with Crippen molar-refractivity contribution in [2.24, 2.45) is 0 Å². The SMILES string of the molecule is Cc1cc(C(=O)Nc2cccnc2Cl)ccc1O. The minimum Gasteiger partial charge on any atom is -0.508 e. The Morgan fingerprint density at radius 2 is 2.17 bits per heavy atom. The van der Waals surface area contributed by atoms with Crippen molar-refractivity contribution < 1.29 is 9.90 Å². The molecule has 1 amide bonds. The predicted molar refractivity (Wildman–Crippen MR) is 70.0 cm³/mol. The lowest BCUT2D eigenvalue weighted by Gasteiger charge is -2.07. The van der Waals surface area contributed by atoms with E-state index < -0.39 is 0 Å². The van der Waals surface area contributed by atoms with Crippen LogP contribution < -0.4 is 5.32 Å². The molecule has 0 spiro atoms. The molecule has 5 heteroatoms. The van der Waals surface area contributed by atoms with E-state index >= 15 is 0 Å². The number of hydrogen-bond donors (Lipinski definition) is 2. The van der Waals surface area contributed by atoms with Gasteiger partial charge >= 0.3 is 0 Å². The van der Waals surface area contributed by atoms with E-state index in [0.717, 1.165) is 0 Å². The number of pyridine rings is 1. The van der Waals surface area contributed by atoms with Gasteiger partial charge in [0.05, 0.1) is 5.69 Å². The second-order valence-electron chi connectivity index (χ2n) is 3.80. The molecule has 0 fully saturated rings. The quantitative estimate of drug-likeness (QED) is 0.818. The number of amides is 1. The van der Waals surface area contributed by atoms with Gasteiger partial charge in [-0.1, -0.05) is 11.6 Å². The van der Waals surface area contributed by atoms with Gasteiger partial charge in [0, 0.05) is 11.8 Å². The minimum atomic E-state index is -0.298. The lowest BCUT2D eigenvalue weighted by molar-refractivity contribution is 0.102. The predicted octanol–water partition coefficient (Wildman–Crippen LogP) is 3.00. The third kappa shape index (κ3) is 2.60. The lowest BCUT2D eigenvalue weighted by Crippen LogP contribution is -2.12. The third-order valence-corrected chi connectivity index (χ3v) is 2.77. The Kier molecular flexibility index (Phi) is 3.48. The van der Waals surface area contributed by atoms with E-state index in [0.29, 0.717) is 16.8 Å². The Balaban J connectivity index is 2.22. The molecule has 2 N–H and O–H groups in total. The number of phenols is 1. The van der Waals surface area contributed by atoms with Crippen molar-refractivity contribution in [1.82, 2.24) is 4.98 Å². The number of nitrogens with one attached hydrogen (secondary N) is 1. The Hall–Kier alpha value is -2.07. The normalized spacial score (nSPS) is 10.1. The second kappa shape index (κ2) is 5.06. The van der Waals surface area contributed by atoms with Crippen molar-refractivity contribution in [3.63, 3.8) is 0 Å². The molecule has 2 rings (SSSR count). The highest BCUT2D eigenvalue weighted by Crippen LogP contribution is 2.20. The fourth-order valence-electron chi connectivity index (χ4n) is 1.47. The first-order valence-electron chi connectivity index (χ1n) is 5.29. The molecular weight excluding hydrogens is 252 g/mol. The molecule has 2 aromatic rings. The molecule has 0 unspecified atom stereocenters. The van der Waals surface area contributed by atoms with Crippen LogP contribution in [0.4, 0.5) is 5.69 Å². The number of hydrogen-bond acceptors (Lipinski definition) is 3. The van der Waals surface area contributed by atoms with Crippen molar-refractivity contribution in [2.75, 3.05) is 5.32 Å². The van der Waals surface area contributed by atoms with Crippen LogP contribution in [0.15, 0.2) is 36.5 Å². The average Bonchev–Trinajstić information content (AvgIpc) is 2.35. The number of carbonyl (C=O) groups is 1. The molecule has 4 nitrogen and oxygen atoms in total. The molecule has 1 aromatic carbocycles. The molecule has 0 saturated carbocycles. The van der Waals surface area contributed by atoms with E-state index in [1.807, 2.05) is 0 Å². The summed E-state index contributed by atoms with van der Waals surface area (Å²) in [7, 11) is 0. The van der Waals surface area contributed by atoms with Gasteiger partial charge < -0.3 is 10.4 Å². The molecule has 92 valence electrons. The van der Waals surface area contributed by atoms with Gasteiger partial charge in [-0.2, -0.15) is 0 Å². The van der Waals surface area contributed by atoms with Gasteiger partial charge in [0.25, 0.3) is 5.91 Å². The van der Waals surface area contributed by atoms with Crippen LogP contribution in [-0.2, 0) is 0 Å². The van der Waals surface area contributed by atoms with Crippen molar-refractivity contribution in [2.45, 2.75) is 6.92 Å². The molecule has 0 radical (unpaired) electrons. The van der Waals surface area contributed by atoms with E-state index in [1.165, 1.54) is 6.07 Å². The van der Waals surface area contributed by atoms with E-state index in [-0.39, 0.29) is 16.8 Å². The van der Waals surface area contributed by atoms with Crippen LogP contribution in [0.25, 0.3) is 0 Å². The summed E-state index contributed by atoms with van der Waals surface area (Å²) >= 11 is 5.85. The topological polar surface area (TPSA) is 62.2 Å². The number of benzene rings is 1. The zero-order chi connectivity index (χ0) is 13.1. The molecule has 0 aliphatic carbocycles. The van der Waals surface area contributed by atoms with Gasteiger partial charge in [-0.05, 0) is 42.8 Å². The van der Waals surface area contributed by atoms with Gasteiger partial charge in [-0.25, -0.2) is 4.98 Å². The Morgan fingerprint density at radius 1 is 1.39 bits per heavy atom. The van der Waals surface area contributed by atoms with Crippen LogP contribution in [0, 0.1) is 6.92 Å². The van der Waals surface area contributed by atoms with Gasteiger partial charge in [-0.3, -0.25) is 4.79 Å². The summed E-state index contributed by atoms with van der Waals surface area (Å²) in [6.07, 6.45) is 1.54. The summed E-state index contributed by atoms with van der Waals surface area (Å²) in [6, 6.07) is 7.98. The number of aromatic nitrogens is 1. The molecule has 1 heterocycles. The maximum Gasteiger partial charge on any atom is 0.255 e. The fraction of sp³-hybridized carbons (Fsp3) is 0.0769. The second-order valence-corrected chi connectivity index (χ2v) is 4.16. The van der Waals surface area contributed by atoms with Crippen molar-refractivity contribution in [3.05, 3.63) is 52.8 Å². The monoisotopic (exact) mass is 262 g/mol. The van der Waals surface area contributed by atoms with Crippen molar-refractivity contribution in [3.8, 4) is 5.75 Å². The number of aromatic hydroxyl groups is 1. The zero-order valence-electron chi connectivity index (χ0n) is 9.64. The molecule has 0 bridgehead atoms. The minimum absolute atomic E-state index is 0.158. The standard InChI is InChI=1S/C13H11ClN2O2/c1-8-7-9(4-5-11(8)17)13(18)16-10-3-2-6-15-12(10)14/h2-7,17H,1H3,(H,16,18). The highest BCUT2D eigenvalue weighted by atomic mass is 35.5. The number of anilines is 1. The van der Waals surface area contributed by atoms with Gasteiger partial charge in [0.1, 0.15) is 5.75 Å². The summed E-state index contributed by atoms with van der Waals surface area (Å²) in [5.74, 6) is -0.140. The highest BCUT2D eigenvalue weighted by molar-refractivity contribution is 6.32. The maximum atomic E-state index is 12.0.